The number of aromatic nitrogens is 2. The van der Waals surface area contributed by atoms with E-state index in [0.29, 0.717) is 16.9 Å². The highest BCUT2D eigenvalue weighted by Crippen LogP contribution is 2.19. The standard InChI is InChI=1S/C11H15N3OS.2C2H6.C2H2/c1-3-5-6-9(4-2)7-8-15-11-14-13-10(12)16-11;3*1-2/h3-6H,2,7-8H2,1H3,(H2,12,13);2*1-2H3;1-2H/b5-3-,9-6-;;;. The van der Waals surface area contributed by atoms with E-state index < -0.39 is 0 Å². The van der Waals surface area contributed by atoms with Crippen LogP contribution in [0.2, 0.25) is 0 Å². The van der Waals surface area contributed by atoms with Crippen LogP contribution in [0.25, 0.3) is 0 Å². The number of ether oxygens (including phenoxy) is 1. The molecule has 2 N–H and O–H groups in total. The van der Waals surface area contributed by atoms with Gasteiger partial charge < -0.3 is 10.5 Å². The van der Waals surface area contributed by atoms with Crippen LogP contribution in [0.3, 0.4) is 0 Å². The van der Waals surface area contributed by atoms with Gasteiger partial charge in [-0.25, -0.2) is 0 Å². The molecule has 5 heteroatoms. The van der Waals surface area contributed by atoms with Crippen molar-refractivity contribution in [3.8, 4) is 18.0 Å². The second-order valence-electron chi connectivity index (χ2n) is 2.98. The van der Waals surface area contributed by atoms with Crippen molar-refractivity contribution in [2.45, 2.75) is 41.0 Å². The van der Waals surface area contributed by atoms with E-state index in [1.807, 2.05) is 58.9 Å². The molecule has 0 saturated carbocycles. The molecule has 0 aliphatic rings. The van der Waals surface area contributed by atoms with Gasteiger partial charge in [-0.15, -0.1) is 17.9 Å². The molecule has 1 aromatic heterocycles. The predicted octanol–water partition coefficient (Wildman–Crippen LogP) is 4.88. The van der Waals surface area contributed by atoms with Gasteiger partial charge in [-0.1, -0.05) is 63.7 Å². The fourth-order valence-electron chi connectivity index (χ4n) is 1.01. The monoisotopic (exact) mass is 323 g/mol. The number of rotatable bonds is 6. The molecule has 0 atom stereocenters. The zero-order valence-electron chi connectivity index (χ0n) is 14.4. The van der Waals surface area contributed by atoms with Crippen molar-refractivity contribution in [3.63, 3.8) is 0 Å². The van der Waals surface area contributed by atoms with Crippen molar-refractivity contribution >= 4 is 16.5 Å². The maximum atomic E-state index is 5.43. The summed E-state index contributed by atoms with van der Waals surface area (Å²) in [4.78, 5) is 0. The number of allylic oxidation sites excluding steroid dienone is 4. The Bertz CT molecular complexity index is 434. The summed E-state index contributed by atoms with van der Waals surface area (Å²) in [5.74, 6) is 0. The Morgan fingerprint density at radius 2 is 1.86 bits per heavy atom. The molecule has 0 aliphatic carbocycles. The number of hydrogen-bond donors (Lipinski definition) is 1. The van der Waals surface area contributed by atoms with Gasteiger partial charge in [0, 0.05) is 6.42 Å². The van der Waals surface area contributed by atoms with Crippen molar-refractivity contribution in [2.24, 2.45) is 0 Å². The Labute approximate surface area is 139 Å². The molecule has 1 heterocycles. The van der Waals surface area contributed by atoms with Gasteiger partial charge in [-0.05, 0) is 23.8 Å². The van der Waals surface area contributed by atoms with Crippen LogP contribution >= 0.6 is 11.3 Å². The van der Waals surface area contributed by atoms with Crippen molar-refractivity contribution in [1.82, 2.24) is 10.2 Å². The average molecular weight is 324 g/mol. The Morgan fingerprint density at radius 1 is 1.27 bits per heavy atom. The fourth-order valence-corrected chi connectivity index (χ4v) is 1.49. The first-order valence-electron chi connectivity index (χ1n) is 7.25. The minimum absolute atomic E-state index is 0.420. The highest BCUT2D eigenvalue weighted by molar-refractivity contribution is 7.16. The maximum Gasteiger partial charge on any atom is 0.295 e. The summed E-state index contributed by atoms with van der Waals surface area (Å²) < 4.78 is 5.39. The zero-order valence-corrected chi connectivity index (χ0v) is 15.2. The van der Waals surface area contributed by atoms with E-state index in [2.05, 4.69) is 29.6 Å². The number of nitrogen functional groups attached to an aromatic ring is 1. The van der Waals surface area contributed by atoms with Crippen LogP contribution in [0.5, 0.6) is 5.19 Å². The zero-order chi connectivity index (χ0) is 17.8. The van der Waals surface area contributed by atoms with Crippen molar-refractivity contribution in [2.75, 3.05) is 12.3 Å². The van der Waals surface area contributed by atoms with Crippen LogP contribution < -0.4 is 10.5 Å². The first-order chi connectivity index (χ1) is 10.8. The molecule has 1 aromatic rings. The molecule has 22 heavy (non-hydrogen) atoms. The molecule has 0 bridgehead atoms. The number of nitrogens with two attached hydrogens (primary N) is 1. The van der Waals surface area contributed by atoms with E-state index in [9.17, 15) is 0 Å². The van der Waals surface area contributed by atoms with Gasteiger partial charge in [0.05, 0.1) is 6.61 Å². The largest absolute Gasteiger partial charge is 0.469 e. The van der Waals surface area contributed by atoms with Gasteiger partial charge in [-0.2, -0.15) is 0 Å². The van der Waals surface area contributed by atoms with Crippen molar-refractivity contribution < 1.29 is 4.74 Å². The maximum absolute atomic E-state index is 5.43. The number of terminal acetylenes is 1. The first-order valence-corrected chi connectivity index (χ1v) is 8.07. The van der Waals surface area contributed by atoms with Gasteiger partial charge in [0.25, 0.3) is 5.19 Å². The Balaban J connectivity index is -0.000000535. The molecule has 0 radical (unpaired) electrons. The molecular formula is C17H29N3OS. The third kappa shape index (κ3) is 14.4. The number of hydrogen-bond acceptors (Lipinski definition) is 5. The van der Waals surface area contributed by atoms with Gasteiger partial charge in [0.15, 0.2) is 0 Å². The Kier molecular flexibility index (Phi) is 24.1. The summed E-state index contributed by atoms with van der Waals surface area (Å²) in [6.45, 7) is 14.3. The third-order valence-corrected chi connectivity index (χ3v) is 2.47. The van der Waals surface area contributed by atoms with Crippen LogP contribution in [0, 0.1) is 12.8 Å². The quantitative estimate of drug-likeness (QED) is 0.598. The molecule has 0 aromatic carbocycles. The summed E-state index contributed by atoms with van der Waals surface area (Å²) in [6.07, 6.45) is 16.5. The van der Waals surface area contributed by atoms with Crippen molar-refractivity contribution in [1.29, 1.82) is 0 Å². The van der Waals surface area contributed by atoms with E-state index in [0.717, 1.165) is 12.0 Å². The van der Waals surface area contributed by atoms with E-state index in [1.54, 1.807) is 0 Å². The summed E-state index contributed by atoms with van der Waals surface area (Å²) in [5, 5.41) is 8.35. The average Bonchev–Trinajstić information content (AvgIpc) is 3.01. The molecule has 0 fully saturated rings. The first kappa shape index (κ1) is 24.9. The molecule has 0 aliphatic heterocycles. The molecule has 4 nitrogen and oxygen atoms in total. The van der Waals surface area contributed by atoms with Gasteiger partial charge >= 0.3 is 0 Å². The fraction of sp³-hybridized carbons (Fsp3) is 0.412. The van der Waals surface area contributed by atoms with Crippen LogP contribution in [0.1, 0.15) is 41.0 Å². The summed E-state index contributed by atoms with van der Waals surface area (Å²) >= 11 is 1.24. The minimum Gasteiger partial charge on any atom is -0.469 e. The second-order valence-corrected chi connectivity index (χ2v) is 3.95. The lowest BCUT2D eigenvalue weighted by Crippen LogP contribution is -1.97. The van der Waals surface area contributed by atoms with Crippen molar-refractivity contribution in [3.05, 3.63) is 36.5 Å². The summed E-state index contributed by atoms with van der Waals surface area (Å²) in [7, 11) is 0. The lowest BCUT2D eigenvalue weighted by Gasteiger charge is -2.01. The molecule has 0 amide bonds. The van der Waals surface area contributed by atoms with Crippen LogP contribution in [-0.4, -0.2) is 16.8 Å². The molecule has 1 rings (SSSR count). The van der Waals surface area contributed by atoms with Gasteiger partial charge in [0.2, 0.25) is 5.13 Å². The van der Waals surface area contributed by atoms with E-state index >= 15 is 0 Å². The predicted molar refractivity (Wildman–Crippen MR) is 100 cm³/mol. The molecule has 124 valence electrons. The van der Waals surface area contributed by atoms with Crippen LogP contribution in [0.15, 0.2) is 36.5 Å². The Morgan fingerprint density at radius 3 is 2.27 bits per heavy atom. The normalized spacial score (nSPS) is 9.32. The van der Waals surface area contributed by atoms with Gasteiger partial charge in [0.1, 0.15) is 0 Å². The highest BCUT2D eigenvalue weighted by Gasteiger charge is 2.01. The van der Waals surface area contributed by atoms with Crippen LogP contribution in [0.4, 0.5) is 5.13 Å². The Hall–Kier alpha value is -2.06. The van der Waals surface area contributed by atoms with E-state index in [1.165, 1.54) is 11.3 Å². The second kappa shape index (κ2) is 21.2. The topological polar surface area (TPSA) is 61.0 Å². The summed E-state index contributed by atoms with van der Waals surface area (Å²) in [5.41, 5.74) is 6.55. The lowest BCUT2D eigenvalue weighted by atomic mass is 10.2. The number of nitrogens with zero attached hydrogens (tertiary/aromatic N) is 2. The lowest BCUT2D eigenvalue weighted by molar-refractivity contribution is 0.318. The minimum atomic E-state index is 0.420. The molecule has 0 saturated heterocycles. The van der Waals surface area contributed by atoms with Gasteiger partial charge in [-0.3, -0.25) is 0 Å². The SMILES string of the molecule is C#C.C=C/C(=C/C=C\C)CCOc1nnc(N)s1.CC.CC. The number of anilines is 1. The highest BCUT2D eigenvalue weighted by atomic mass is 32.1. The molecular weight excluding hydrogens is 294 g/mol. The van der Waals surface area contributed by atoms with E-state index in [-0.39, 0.29) is 0 Å². The molecule has 0 spiro atoms. The summed E-state index contributed by atoms with van der Waals surface area (Å²) in [6, 6.07) is 0. The third-order valence-electron chi connectivity index (χ3n) is 1.80. The van der Waals surface area contributed by atoms with Crippen LogP contribution in [-0.2, 0) is 0 Å². The smallest absolute Gasteiger partial charge is 0.295 e. The van der Waals surface area contributed by atoms with E-state index in [4.69, 9.17) is 10.5 Å². The molecule has 0 unspecified atom stereocenters.